The number of H-pyrrole nitrogens is 1. The number of pyridine rings is 2. The standard InChI is InChI=1S/C11H8N4O2/c1-6(16)14-9-3-2-8-10(15-9)11(17)7(4-12)5-13-8/h2-3,5H,1H3,(H,13,17)(H,14,15,16). The van der Waals surface area contributed by atoms with Crippen molar-refractivity contribution in [1.29, 1.82) is 5.26 Å². The van der Waals surface area contributed by atoms with Crippen molar-refractivity contribution in [1.82, 2.24) is 9.97 Å². The molecule has 0 aliphatic rings. The smallest absolute Gasteiger partial charge is 0.225 e. The maximum Gasteiger partial charge on any atom is 0.225 e. The minimum atomic E-state index is -0.451. The molecule has 0 radical (unpaired) electrons. The topological polar surface area (TPSA) is 98.6 Å². The molecule has 1 amide bonds. The van der Waals surface area contributed by atoms with Crippen molar-refractivity contribution >= 4 is 22.8 Å². The van der Waals surface area contributed by atoms with Crippen molar-refractivity contribution < 1.29 is 4.79 Å². The van der Waals surface area contributed by atoms with Crippen LogP contribution in [-0.2, 0) is 4.79 Å². The summed E-state index contributed by atoms with van der Waals surface area (Å²) in [5.74, 6) is 0.00954. The Labute approximate surface area is 95.9 Å². The van der Waals surface area contributed by atoms with Crippen LogP contribution in [0.4, 0.5) is 5.82 Å². The molecule has 0 saturated heterocycles. The third kappa shape index (κ3) is 1.99. The Morgan fingerprint density at radius 3 is 2.94 bits per heavy atom. The largest absolute Gasteiger partial charge is 0.358 e. The minimum Gasteiger partial charge on any atom is -0.358 e. The number of carbonyl (C=O) groups is 1. The number of amides is 1. The molecule has 0 aliphatic heterocycles. The molecule has 17 heavy (non-hydrogen) atoms. The van der Waals surface area contributed by atoms with Gasteiger partial charge in [0.15, 0.2) is 0 Å². The summed E-state index contributed by atoms with van der Waals surface area (Å²) in [7, 11) is 0. The molecule has 2 rings (SSSR count). The zero-order chi connectivity index (χ0) is 12.4. The van der Waals surface area contributed by atoms with E-state index in [0.29, 0.717) is 5.52 Å². The van der Waals surface area contributed by atoms with E-state index in [4.69, 9.17) is 5.26 Å². The molecule has 2 heterocycles. The Kier molecular flexibility index (Phi) is 2.58. The molecule has 0 aromatic carbocycles. The number of fused-ring (bicyclic) bond motifs is 1. The fourth-order valence-corrected chi connectivity index (χ4v) is 1.42. The molecular formula is C11H8N4O2. The molecule has 0 saturated carbocycles. The minimum absolute atomic E-state index is 0.00928. The average Bonchev–Trinajstić information content (AvgIpc) is 2.29. The second-order valence-electron chi connectivity index (χ2n) is 3.42. The van der Waals surface area contributed by atoms with Gasteiger partial charge < -0.3 is 10.3 Å². The summed E-state index contributed by atoms with van der Waals surface area (Å²) in [6, 6.07) is 4.97. The van der Waals surface area contributed by atoms with Crippen molar-refractivity contribution in [2.75, 3.05) is 5.32 Å². The highest BCUT2D eigenvalue weighted by molar-refractivity contribution is 5.89. The Balaban J connectivity index is 2.67. The molecule has 2 aromatic rings. The summed E-state index contributed by atoms with van der Waals surface area (Å²) in [5.41, 5.74) is 0.192. The van der Waals surface area contributed by atoms with Gasteiger partial charge in [0.25, 0.3) is 0 Å². The van der Waals surface area contributed by atoms with E-state index in [-0.39, 0.29) is 22.8 Å². The van der Waals surface area contributed by atoms with Gasteiger partial charge in [-0.15, -0.1) is 0 Å². The summed E-state index contributed by atoms with van der Waals surface area (Å²) < 4.78 is 0. The van der Waals surface area contributed by atoms with Gasteiger partial charge in [-0.3, -0.25) is 9.59 Å². The first-order chi connectivity index (χ1) is 8.11. The quantitative estimate of drug-likeness (QED) is 0.752. The molecule has 6 nitrogen and oxygen atoms in total. The molecular weight excluding hydrogens is 220 g/mol. The first-order valence-corrected chi connectivity index (χ1v) is 4.82. The Hall–Kier alpha value is -2.68. The third-order valence-corrected chi connectivity index (χ3v) is 2.15. The Morgan fingerprint density at radius 1 is 1.53 bits per heavy atom. The van der Waals surface area contributed by atoms with Gasteiger partial charge in [-0.25, -0.2) is 4.98 Å². The third-order valence-electron chi connectivity index (χ3n) is 2.15. The van der Waals surface area contributed by atoms with Crippen LogP contribution >= 0.6 is 0 Å². The van der Waals surface area contributed by atoms with Crippen molar-refractivity contribution in [3.8, 4) is 6.07 Å². The number of anilines is 1. The lowest BCUT2D eigenvalue weighted by Crippen LogP contribution is -2.12. The van der Waals surface area contributed by atoms with Crippen molar-refractivity contribution in [3.05, 3.63) is 34.1 Å². The van der Waals surface area contributed by atoms with Crippen LogP contribution in [0, 0.1) is 11.3 Å². The van der Waals surface area contributed by atoms with Gasteiger partial charge in [-0.05, 0) is 12.1 Å². The van der Waals surface area contributed by atoms with Gasteiger partial charge >= 0.3 is 0 Å². The summed E-state index contributed by atoms with van der Waals surface area (Å²) in [6.45, 7) is 1.35. The second-order valence-corrected chi connectivity index (χ2v) is 3.42. The van der Waals surface area contributed by atoms with Crippen LogP contribution in [0.5, 0.6) is 0 Å². The molecule has 84 valence electrons. The average molecular weight is 228 g/mol. The van der Waals surface area contributed by atoms with E-state index in [1.54, 1.807) is 18.2 Å². The highest BCUT2D eigenvalue weighted by Gasteiger charge is 2.07. The number of nitrogens with one attached hydrogen (secondary N) is 2. The lowest BCUT2D eigenvalue weighted by Gasteiger charge is -2.02. The number of hydrogen-bond donors (Lipinski definition) is 2. The van der Waals surface area contributed by atoms with Gasteiger partial charge in [0.05, 0.1) is 5.52 Å². The number of nitrogens with zero attached hydrogens (tertiary/aromatic N) is 2. The number of rotatable bonds is 1. The first-order valence-electron chi connectivity index (χ1n) is 4.82. The summed E-state index contributed by atoms with van der Waals surface area (Å²) >= 11 is 0. The molecule has 6 heteroatoms. The Morgan fingerprint density at radius 2 is 2.29 bits per heavy atom. The van der Waals surface area contributed by atoms with Crippen molar-refractivity contribution in [3.63, 3.8) is 0 Å². The van der Waals surface area contributed by atoms with Crippen LogP contribution in [-0.4, -0.2) is 15.9 Å². The molecule has 0 bridgehead atoms. The van der Waals surface area contributed by atoms with E-state index in [0.717, 1.165) is 0 Å². The molecule has 0 spiro atoms. The van der Waals surface area contributed by atoms with Crippen molar-refractivity contribution in [2.24, 2.45) is 0 Å². The summed E-state index contributed by atoms with van der Waals surface area (Å²) in [4.78, 5) is 29.4. The second kappa shape index (κ2) is 4.06. The normalized spacial score (nSPS) is 9.88. The van der Waals surface area contributed by atoms with Crippen LogP contribution in [0.25, 0.3) is 11.0 Å². The van der Waals surface area contributed by atoms with Crippen LogP contribution in [0.2, 0.25) is 0 Å². The van der Waals surface area contributed by atoms with Crippen LogP contribution < -0.4 is 10.7 Å². The van der Waals surface area contributed by atoms with E-state index in [9.17, 15) is 9.59 Å². The fourth-order valence-electron chi connectivity index (χ4n) is 1.42. The number of carbonyl (C=O) groups excluding carboxylic acids is 1. The molecule has 0 aliphatic carbocycles. The highest BCUT2D eigenvalue weighted by atomic mass is 16.1. The van der Waals surface area contributed by atoms with E-state index in [1.165, 1.54) is 13.1 Å². The number of nitriles is 1. The Bertz CT molecular complexity index is 697. The fraction of sp³-hybridized carbons (Fsp3) is 0.0909. The van der Waals surface area contributed by atoms with E-state index >= 15 is 0 Å². The number of hydrogen-bond acceptors (Lipinski definition) is 4. The molecule has 0 unspecified atom stereocenters. The van der Waals surface area contributed by atoms with E-state index < -0.39 is 5.43 Å². The lowest BCUT2D eigenvalue weighted by molar-refractivity contribution is -0.114. The molecule has 0 atom stereocenters. The van der Waals surface area contributed by atoms with E-state index in [2.05, 4.69) is 15.3 Å². The van der Waals surface area contributed by atoms with Gasteiger partial charge in [0, 0.05) is 13.1 Å². The first kappa shape index (κ1) is 10.8. The van der Waals surface area contributed by atoms with Gasteiger partial charge in [0.2, 0.25) is 11.3 Å². The molecule has 0 fully saturated rings. The van der Waals surface area contributed by atoms with Gasteiger partial charge in [0.1, 0.15) is 23.0 Å². The van der Waals surface area contributed by atoms with Crippen LogP contribution in [0.1, 0.15) is 12.5 Å². The van der Waals surface area contributed by atoms with Gasteiger partial charge in [-0.2, -0.15) is 5.26 Å². The monoisotopic (exact) mass is 228 g/mol. The zero-order valence-corrected chi connectivity index (χ0v) is 8.94. The van der Waals surface area contributed by atoms with Crippen LogP contribution in [0.15, 0.2) is 23.1 Å². The maximum atomic E-state index is 11.8. The summed E-state index contributed by atoms with van der Waals surface area (Å²) in [5, 5.41) is 11.2. The lowest BCUT2D eigenvalue weighted by atomic mass is 10.2. The maximum absolute atomic E-state index is 11.8. The number of aromatic amines is 1. The predicted molar refractivity (Wildman–Crippen MR) is 61.4 cm³/mol. The number of aromatic nitrogens is 2. The predicted octanol–water partition coefficient (Wildman–Crippen LogP) is 0.753. The SMILES string of the molecule is CC(=O)Nc1ccc2[nH]cc(C#N)c(=O)c2n1. The molecule has 2 N–H and O–H groups in total. The summed E-state index contributed by atoms with van der Waals surface area (Å²) in [6.07, 6.45) is 1.34. The van der Waals surface area contributed by atoms with Crippen LogP contribution in [0.3, 0.4) is 0 Å². The van der Waals surface area contributed by atoms with E-state index in [1.807, 2.05) is 0 Å². The highest BCUT2D eigenvalue weighted by Crippen LogP contribution is 2.10. The van der Waals surface area contributed by atoms with Crippen molar-refractivity contribution in [2.45, 2.75) is 6.92 Å². The van der Waals surface area contributed by atoms with Gasteiger partial charge in [-0.1, -0.05) is 0 Å². The zero-order valence-electron chi connectivity index (χ0n) is 8.94. The molecule has 2 aromatic heterocycles.